The number of unbranched alkanes of at least 4 members (excludes halogenated alkanes) is 2. The van der Waals surface area contributed by atoms with Gasteiger partial charge in [-0.15, -0.1) is 0 Å². The fourth-order valence-electron chi connectivity index (χ4n) is 3.25. The van der Waals surface area contributed by atoms with Crippen LogP contribution in [-0.4, -0.2) is 39.1 Å². The van der Waals surface area contributed by atoms with E-state index in [9.17, 15) is 9.59 Å². The molecule has 1 amide bonds. The number of ether oxygens (including phenoxy) is 1. The van der Waals surface area contributed by atoms with Crippen LogP contribution in [0.15, 0.2) is 31.1 Å². The lowest BCUT2D eigenvalue weighted by atomic mass is 9.99. The molecule has 7 heteroatoms. The number of rotatable bonds is 12. The summed E-state index contributed by atoms with van der Waals surface area (Å²) in [7, 11) is 0. The van der Waals surface area contributed by atoms with Crippen molar-refractivity contribution < 1.29 is 14.3 Å². The minimum absolute atomic E-state index is 0.0161. The van der Waals surface area contributed by atoms with E-state index in [1.807, 2.05) is 33.0 Å². The van der Waals surface area contributed by atoms with E-state index in [4.69, 9.17) is 4.74 Å². The Labute approximate surface area is 172 Å². The van der Waals surface area contributed by atoms with Crippen molar-refractivity contribution in [3.05, 3.63) is 36.9 Å². The summed E-state index contributed by atoms with van der Waals surface area (Å²) in [6.45, 7) is 10.5. The molecule has 1 unspecified atom stereocenters. The van der Waals surface area contributed by atoms with E-state index < -0.39 is 12.0 Å². The Morgan fingerprint density at radius 2 is 2.14 bits per heavy atom. The molecule has 0 saturated heterocycles. The maximum absolute atomic E-state index is 12.3. The smallest absolute Gasteiger partial charge is 0.329 e. The second-order valence-corrected chi connectivity index (χ2v) is 7.34. The number of nitrogens with one attached hydrogen (secondary N) is 1. The van der Waals surface area contributed by atoms with E-state index in [0.29, 0.717) is 6.42 Å². The van der Waals surface area contributed by atoms with Gasteiger partial charge in [-0.3, -0.25) is 9.78 Å². The third kappa shape index (κ3) is 6.41. The van der Waals surface area contributed by atoms with Crippen molar-refractivity contribution in [3.63, 3.8) is 0 Å². The molecule has 0 aliphatic heterocycles. The molecule has 2 aromatic heterocycles. The van der Waals surface area contributed by atoms with E-state index in [0.717, 1.165) is 49.1 Å². The lowest BCUT2D eigenvalue weighted by Gasteiger charge is -2.22. The van der Waals surface area contributed by atoms with Gasteiger partial charge in [-0.1, -0.05) is 39.3 Å². The van der Waals surface area contributed by atoms with Crippen molar-refractivity contribution in [2.24, 2.45) is 5.92 Å². The Hall–Kier alpha value is -2.70. The van der Waals surface area contributed by atoms with Crippen molar-refractivity contribution in [2.75, 3.05) is 6.61 Å². The predicted octanol–water partition coefficient (Wildman–Crippen LogP) is 3.56. The number of carbonyl (C=O) groups excluding carboxylic acids is 2. The summed E-state index contributed by atoms with van der Waals surface area (Å²) in [5.41, 5.74) is 1.99. The number of pyridine rings is 1. The van der Waals surface area contributed by atoms with Gasteiger partial charge < -0.3 is 14.6 Å². The zero-order valence-corrected chi connectivity index (χ0v) is 17.7. The molecule has 0 aliphatic rings. The molecule has 0 saturated carbocycles. The van der Waals surface area contributed by atoms with Crippen LogP contribution in [-0.2, 0) is 20.9 Å². The van der Waals surface area contributed by atoms with Gasteiger partial charge in [0.2, 0.25) is 5.91 Å². The van der Waals surface area contributed by atoms with Gasteiger partial charge in [-0.25, -0.2) is 9.78 Å². The van der Waals surface area contributed by atoms with E-state index >= 15 is 0 Å². The van der Waals surface area contributed by atoms with Crippen LogP contribution in [0.1, 0.15) is 51.8 Å². The van der Waals surface area contributed by atoms with Gasteiger partial charge in [0.1, 0.15) is 18.5 Å². The Kier molecular flexibility index (Phi) is 8.83. The standard InChI is InChI=1S/C22H32N4O3/c1-5-14-29-22(28)21(16(3)6-2)25-20(27)10-8-7-9-13-26-17(4)24-18-11-12-23-15-19(18)26/h5,11-12,15-16,21H,1,6-10,13-14H2,2-4H3,(H,25,27)/t16?,21-/m0/s1. The molecule has 0 aromatic carbocycles. The number of hydrogen-bond donors (Lipinski definition) is 1. The van der Waals surface area contributed by atoms with Crippen LogP contribution in [0.3, 0.4) is 0 Å². The first-order valence-electron chi connectivity index (χ1n) is 10.3. The molecule has 7 nitrogen and oxygen atoms in total. The molecular formula is C22H32N4O3. The largest absolute Gasteiger partial charge is 0.460 e. The molecule has 0 fully saturated rings. The number of aryl methyl sites for hydroxylation is 2. The fraction of sp³-hybridized carbons (Fsp3) is 0.545. The lowest BCUT2D eigenvalue weighted by Crippen LogP contribution is -2.46. The lowest BCUT2D eigenvalue weighted by molar-refractivity contribution is -0.148. The average molecular weight is 401 g/mol. The first kappa shape index (κ1) is 22.6. The number of esters is 1. The third-order valence-electron chi connectivity index (χ3n) is 5.15. The maximum Gasteiger partial charge on any atom is 0.329 e. The normalized spacial score (nSPS) is 13.1. The quantitative estimate of drug-likeness (QED) is 0.334. The van der Waals surface area contributed by atoms with Crippen molar-refractivity contribution in [2.45, 2.75) is 65.5 Å². The molecule has 2 aromatic rings. The van der Waals surface area contributed by atoms with Crippen LogP contribution in [0.2, 0.25) is 0 Å². The molecule has 158 valence electrons. The monoisotopic (exact) mass is 400 g/mol. The minimum atomic E-state index is -0.611. The van der Waals surface area contributed by atoms with Gasteiger partial charge in [0.05, 0.1) is 17.2 Å². The van der Waals surface area contributed by atoms with Crippen molar-refractivity contribution in [3.8, 4) is 0 Å². The van der Waals surface area contributed by atoms with Gasteiger partial charge in [0, 0.05) is 19.2 Å². The second-order valence-electron chi connectivity index (χ2n) is 7.34. The number of aromatic nitrogens is 3. The fourth-order valence-corrected chi connectivity index (χ4v) is 3.25. The highest BCUT2D eigenvalue weighted by molar-refractivity contribution is 5.84. The molecule has 0 bridgehead atoms. The van der Waals surface area contributed by atoms with E-state index in [2.05, 4.69) is 26.4 Å². The van der Waals surface area contributed by atoms with Gasteiger partial charge in [0.25, 0.3) is 0 Å². The molecule has 2 heterocycles. The van der Waals surface area contributed by atoms with Crippen LogP contribution < -0.4 is 5.32 Å². The number of imidazole rings is 1. The molecule has 2 atom stereocenters. The third-order valence-corrected chi connectivity index (χ3v) is 5.15. The summed E-state index contributed by atoms with van der Waals surface area (Å²) in [6.07, 6.45) is 8.92. The number of amides is 1. The first-order chi connectivity index (χ1) is 14.0. The molecule has 0 aliphatic carbocycles. The zero-order valence-electron chi connectivity index (χ0n) is 17.7. The van der Waals surface area contributed by atoms with Crippen LogP contribution in [0, 0.1) is 12.8 Å². The predicted molar refractivity (Wildman–Crippen MR) is 113 cm³/mol. The minimum Gasteiger partial charge on any atom is -0.460 e. The maximum atomic E-state index is 12.3. The summed E-state index contributed by atoms with van der Waals surface area (Å²) in [5.74, 6) is 0.477. The van der Waals surface area contributed by atoms with Gasteiger partial charge in [-0.2, -0.15) is 0 Å². The molecule has 2 rings (SSSR count). The zero-order chi connectivity index (χ0) is 21.2. The summed E-state index contributed by atoms with van der Waals surface area (Å²) < 4.78 is 7.29. The first-order valence-corrected chi connectivity index (χ1v) is 10.3. The number of fused-ring (bicyclic) bond motifs is 1. The van der Waals surface area contributed by atoms with Crippen molar-refractivity contribution in [1.82, 2.24) is 19.9 Å². The van der Waals surface area contributed by atoms with E-state index in [1.54, 1.807) is 6.20 Å². The topological polar surface area (TPSA) is 86.1 Å². The van der Waals surface area contributed by atoms with Crippen LogP contribution in [0.25, 0.3) is 11.0 Å². The summed E-state index contributed by atoms with van der Waals surface area (Å²) in [6, 6.07) is 1.30. The Morgan fingerprint density at radius 1 is 1.34 bits per heavy atom. The van der Waals surface area contributed by atoms with Crippen LogP contribution in [0.5, 0.6) is 0 Å². The number of hydrogen-bond acceptors (Lipinski definition) is 5. The Bertz CT molecular complexity index is 831. The SMILES string of the molecule is C=CCOC(=O)[C@@H](NC(=O)CCCCCn1c(C)nc2ccncc21)C(C)CC. The molecule has 1 N–H and O–H groups in total. The Morgan fingerprint density at radius 3 is 2.86 bits per heavy atom. The van der Waals surface area contributed by atoms with Gasteiger partial charge in [0.15, 0.2) is 0 Å². The van der Waals surface area contributed by atoms with Crippen molar-refractivity contribution in [1.29, 1.82) is 0 Å². The Balaban J connectivity index is 1.77. The summed E-state index contributed by atoms with van der Waals surface area (Å²) in [5, 5.41) is 2.84. The van der Waals surface area contributed by atoms with Crippen LogP contribution in [0.4, 0.5) is 0 Å². The number of nitrogens with zero attached hydrogens (tertiary/aromatic N) is 3. The highest BCUT2D eigenvalue weighted by Gasteiger charge is 2.26. The van der Waals surface area contributed by atoms with E-state index in [1.165, 1.54) is 6.08 Å². The summed E-state index contributed by atoms with van der Waals surface area (Å²) >= 11 is 0. The average Bonchev–Trinajstić information content (AvgIpc) is 3.04. The van der Waals surface area contributed by atoms with Gasteiger partial charge in [-0.05, 0) is 31.7 Å². The van der Waals surface area contributed by atoms with Gasteiger partial charge >= 0.3 is 5.97 Å². The summed E-state index contributed by atoms with van der Waals surface area (Å²) in [4.78, 5) is 33.2. The van der Waals surface area contributed by atoms with Crippen LogP contribution >= 0.6 is 0 Å². The molecule has 0 radical (unpaired) electrons. The second kappa shape index (κ2) is 11.3. The van der Waals surface area contributed by atoms with E-state index in [-0.39, 0.29) is 18.4 Å². The highest BCUT2D eigenvalue weighted by Crippen LogP contribution is 2.16. The van der Waals surface area contributed by atoms with Crippen molar-refractivity contribution >= 4 is 22.9 Å². The number of carbonyl (C=O) groups is 2. The highest BCUT2D eigenvalue weighted by atomic mass is 16.5. The molecule has 29 heavy (non-hydrogen) atoms. The molecular weight excluding hydrogens is 368 g/mol. The molecule has 0 spiro atoms.